The van der Waals surface area contributed by atoms with E-state index in [-0.39, 0.29) is 83.3 Å². The zero-order chi connectivity index (χ0) is 101. The molecule has 0 aliphatic carbocycles. The van der Waals surface area contributed by atoms with Crippen molar-refractivity contribution < 1.29 is 124 Å². The second-order valence-electron chi connectivity index (χ2n) is 34.8. The molecule has 2 fully saturated rings. The van der Waals surface area contributed by atoms with Crippen LogP contribution in [0.4, 0.5) is 0 Å². The number of carboxylic acids is 2. The van der Waals surface area contributed by atoms with Crippen LogP contribution in [-0.2, 0) is 119 Å². The third-order valence-corrected chi connectivity index (χ3v) is 23.0. The fourth-order valence-electron chi connectivity index (χ4n) is 15.0. The van der Waals surface area contributed by atoms with Gasteiger partial charge in [-0.25, -0.2) is 4.79 Å². The van der Waals surface area contributed by atoms with Gasteiger partial charge in [0.1, 0.15) is 102 Å². The number of hydrogen-bond acceptors (Lipinski definition) is 25. The van der Waals surface area contributed by atoms with Gasteiger partial charge in [0.2, 0.25) is 106 Å². The number of likely N-dealkylation sites (tertiary alicyclic amines) is 2. The average molecular weight is 1920 g/mol. The molecule has 3 heterocycles. The monoisotopic (exact) mass is 1920 g/mol. The molecule has 0 unspecified atom stereocenters. The van der Waals surface area contributed by atoms with Crippen molar-refractivity contribution in [2.45, 2.75) is 268 Å². The van der Waals surface area contributed by atoms with Gasteiger partial charge in [0.15, 0.2) is 5.96 Å². The van der Waals surface area contributed by atoms with Crippen LogP contribution in [0.3, 0.4) is 0 Å². The molecule has 2 aliphatic heterocycles. The molecule has 0 saturated carbocycles. The average Bonchev–Trinajstić information content (AvgIpc) is 1.64. The van der Waals surface area contributed by atoms with E-state index in [1.54, 1.807) is 88.5 Å². The summed E-state index contributed by atoms with van der Waals surface area (Å²) in [6, 6.07) is -11.2. The minimum absolute atomic E-state index is 0.00391. The third-order valence-electron chi connectivity index (χ3n) is 22.2. The lowest BCUT2D eigenvalue weighted by Gasteiger charge is -2.34. The molecule has 17 atom stereocenters. The Morgan fingerprint density at radius 1 is 0.474 bits per heavy atom. The Labute approximate surface area is 778 Å². The summed E-state index contributed by atoms with van der Waals surface area (Å²) in [4.78, 5) is 281. The van der Waals surface area contributed by atoms with E-state index in [2.05, 4.69) is 79.4 Å². The number of guanidine groups is 1. The maximum Gasteiger partial charge on any atom is 0.326 e. The predicted molar refractivity (Wildman–Crippen MR) is 482 cm³/mol. The summed E-state index contributed by atoms with van der Waals surface area (Å²) < 4.78 is 35.7. The Kier molecular flexibility index (Phi) is 43.8. The Balaban J connectivity index is 1.38. The molecule has 135 heavy (non-hydrogen) atoms. The molecule has 746 valence electrons. The quantitative estimate of drug-likeness (QED) is 0.0108. The molecule has 2 aliphatic rings. The number of carbonyl (C=O) groups excluding carboxylic acids is 18. The summed E-state index contributed by atoms with van der Waals surface area (Å²) >= 11 is 0. The molecule has 3 aromatic rings. The molecule has 30 N–H and O–H groups in total. The number of hydrogen-bond donors (Lipinski definition) is 25. The normalized spacial score (nSPS) is 17.0. The second-order valence-corrected chi connectivity index (χ2v) is 36.3. The number of nitrogens with one attached hydrogen (secondary N) is 16. The molecular formula is C85H129N23O26S. The number of nitrogens with two attached hydrogens (primary N) is 5. The number of primary amides is 3. The molecule has 1 aromatic heterocycles. The topological polar surface area (TPSA) is 801 Å². The van der Waals surface area contributed by atoms with E-state index >= 15 is 14.4 Å². The fraction of sp³-hybridized carbons (Fsp3) is 0.588. The Bertz CT molecular complexity index is 4900. The summed E-state index contributed by atoms with van der Waals surface area (Å²) in [5.74, 6) is -27.0. The van der Waals surface area contributed by atoms with Crippen molar-refractivity contribution in [1.82, 2.24) is 89.2 Å². The maximum absolute atomic E-state index is 15.5. The van der Waals surface area contributed by atoms with Gasteiger partial charge in [-0.05, 0) is 112 Å². The van der Waals surface area contributed by atoms with Crippen LogP contribution in [-0.4, -0.2) is 295 Å². The van der Waals surface area contributed by atoms with Crippen LogP contribution in [0.2, 0.25) is 0 Å². The summed E-state index contributed by atoms with van der Waals surface area (Å²) in [5, 5.41) is 71.4. The first-order chi connectivity index (χ1) is 63.2. The minimum Gasteiger partial charge on any atom is -0.481 e. The summed E-state index contributed by atoms with van der Waals surface area (Å²) in [7, 11) is -5.24. The van der Waals surface area contributed by atoms with Gasteiger partial charge >= 0.3 is 11.9 Å². The van der Waals surface area contributed by atoms with Crippen molar-refractivity contribution in [3.05, 3.63) is 71.9 Å². The molecule has 2 aromatic carbocycles. The lowest BCUT2D eigenvalue weighted by Crippen LogP contribution is -2.62. The van der Waals surface area contributed by atoms with Crippen molar-refractivity contribution in [1.29, 1.82) is 5.41 Å². The van der Waals surface area contributed by atoms with Crippen LogP contribution in [0.1, 0.15) is 164 Å². The van der Waals surface area contributed by atoms with E-state index in [1.807, 2.05) is 0 Å². The molecule has 50 heteroatoms. The highest BCUT2D eigenvalue weighted by molar-refractivity contribution is 7.85. The minimum atomic E-state index is -5.24. The first kappa shape index (κ1) is 112. The van der Waals surface area contributed by atoms with Gasteiger partial charge in [-0.3, -0.25) is 101 Å². The Morgan fingerprint density at radius 3 is 1.42 bits per heavy atom. The van der Waals surface area contributed by atoms with E-state index in [9.17, 15) is 110 Å². The van der Waals surface area contributed by atoms with Crippen molar-refractivity contribution >= 4 is 145 Å². The third kappa shape index (κ3) is 36.1. The number of aliphatic hydroxyl groups excluding tert-OH is 1. The molecule has 0 bridgehead atoms. The Hall–Kier alpha value is -13.5. The zero-order valence-corrected chi connectivity index (χ0v) is 77.6. The van der Waals surface area contributed by atoms with Crippen LogP contribution in [0, 0.1) is 29.1 Å². The number of para-hydroxylation sites is 1. The smallest absolute Gasteiger partial charge is 0.326 e. The number of aromatic amines is 1. The van der Waals surface area contributed by atoms with Gasteiger partial charge in [-0.1, -0.05) is 104 Å². The van der Waals surface area contributed by atoms with Gasteiger partial charge in [0, 0.05) is 62.4 Å². The maximum atomic E-state index is 15.5. The molecule has 0 spiro atoms. The molecule has 5 rings (SSSR count). The standard InChI is InChI=1S/C85H129N23O26S/c1-40(2)33-53(99-73(119)54(34-46-19-12-11-13-20-46)100-74(120)56(37-63(88)112)98-69(115)44(9)94-72(118)55(36-62(87)111)101-78(124)65(89)45(10)109)75(121)105-68(43(7)8)81(127)102-57(35-47-38-93-49-22-15-14-21-48(47)49)82(128)108-32-18-25-60(108)83(129)107-31-17-24-59(107)77(123)103-58(39-135(132,133)134)76(122)106-67(42(5)6)80(126)96-51(27-29-64(113)114)71(117)104-66(41(3)4)79(125)95-50(26-28-61(86)110)70(116)97-52(84(130)131)23-16-30-92-85(90)91/h11-15,19-22,38,40-45,50-60,65-68,93,109H,16-18,23-37,39,89H2,1-10H3,(H2,86,110)(H2,87,111)(H2,88,112)(H,94,118)(H,95,125)(H,96,126)(H,97,116)(H,98,115)(H,99,119)(H,100,120)(H,101,124)(H,102,127)(H,103,123)(H,104,117)(H,105,121)(H,106,122)(H,113,114)(H,130,131)(H4,90,91,92)(H,132,133,134)/t44-,45+,50-,51-,52-,53-,54-,55-,56-,57-,58-,59-,60-,65-,66-,67-,68-/m0/s1. The zero-order valence-electron chi connectivity index (χ0n) is 76.8. The van der Waals surface area contributed by atoms with Crippen LogP contribution >= 0.6 is 0 Å². The number of nitrogens with zero attached hydrogens (tertiary/aromatic N) is 2. The van der Waals surface area contributed by atoms with Gasteiger partial charge in [-0.15, -0.1) is 0 Å². The number of aliphatic hydroxyl groups is 1. The SMILES string of the molecule is CC(C)C[C@H](NC(=O)[C@H](Cc1ccccc1)NC(=O)[C@H](CC(N)=O)NC(=O)[C@H](C)NC(=O)[C@H](CC(N)=O)NC(=O)[C@@H](N)[C@@H](C)O)C(=O)N[C@H](C(=O)N[C@@H](Cc1c[nH]c2ccccc12)C(=O)N1CCC[C@H]1C(=O)N1CCC[C@H]1C(=O)N[C@@H](CS(=O)(=O)O)C(=O)N[C@H](C(=O)N[C@@H](CCC(=O)O)C(=O)N[C@H](C(=O)N[C@@H](CCC(N)=O)C(=O)N[C@@H](CCCNC(=N)N)C(=O)O)C(C)C)C(C)C)C(C)C. The van der Waals surface area contributed by atoms with Crippen molar-refractivity contribution in [2.24, 2.45) is 52.3 Å². The predicted octanol–water partition coefficient (Wildman–Crippen LogP) is -6.90. The highest BCUT2D eigenvalue weighted by Gasteiger charge is 2.47. The van der Waals surface area contributed by atoms with Crippen molar-refractivity contribution in [3.63, 3.8) is 0 Å². The molecular weight excluding hydrogens is 1790 g/mol. The van der Waals surface area contributed by atoms with Crippen LogP contribution in [0.25, 0.3) is 10.9 Å². The fourth-order valence-corrected chi connectivity index (χ4v) is 15.6. The van der Waals surface area contributed by atoms with Crippen LogP contribution in [0.5, 0.6) is 0 Å². The van der Waals surface area contributed by atoms with E-state index in [0.717, 1.165) is 11.8 Å². The van der Waals surface area contributed by atoms with E-state index in [4.69, 9.17) is 34.1 Å². The molecule has 18 amide bonds. The number of carboxylic acid groups (broad SMARTS) is 2. The first-order valence-corrected chi connectivity index (χ1v) is 45.7. The molecule has 2 saturated heterocycles. The summed E-state index contributed by atoms with van der Waals surface area (Å²) in [5.41, 5.74) is 28.8. The number of benzene rings is 2. The van der Waals surface area contributed by atoms with E-state index < -0.39 is 299 Å². The van der Waals surface area contributed by atoms with Gasteiger partial charge < -0.3 is 133 Å². The lowest BCUT2D eigenvalue weighted by atomic mass is 9.98. The molecule has 49 nitrogen and oxygen atoms in total. The second kappa shape index (κ2) is 52.8. The van der Waals surface area contributed by atoms with E-state index in [0.29, 0.717) is 22.0 Å². The Morgan fingerprint density at radius 2 is 0.919 bits per heavy atom. The number of rotatable bonds is 55. The number of fused-ring (bicyclic) bond motifs is 1. The number of amides is 18. The highest BCUT2D eigenvalue weighted by Crippen LogP contribution is 2.28. The number of carbonyl (C=O) groups is 20. The number of aliphatic carboxylic acids is 2. The van der Waals surface area contributed by atoms with Crippen molar-refractivity contribution in [3.8, 4) is 0 Å². The summed E-state index contributed by atoms with van der Waals surface area (Å²) in [6.45, 7) is 14.4. The highest BCUT2D eigenvalue weighted by atomic mass is 32.2. The largest absolute Gasteiger partial charge is 0.481 e. The summed E-state index contributed by atoms with van der Waals surface area (Å²) in [6.07, 6.45) is -4.42. The van der Waals surface area contributed by atoms with Crippen molar-refractivity contribution in [2.75, 3.05) is 25.4 Å². The van der Waals surface area contributed by atoms with Crippen LogP contribution in [0.15, 0.2) is 60.8 Å². The van der Waals surface area contributed by atoms with Gasteiger partial charge in [0.05, 0.1) is 18.9 Å². The lowest BCUT2D eigenvalue weighted by molar-refractivity contribution is -0.148. The first-order valence-electron chi connectivity index (χ1n) is 44.1. The van der Waals surface area contributed by atoms with Gasteiger partial charge in [0.25, 0.3) is 10.1 Å². The number of H-pyrrole nitrogens is 1. The van der Waals surface area contributed by atoms with Gasteiger partial charge in [-0.2, -0.15) is 8.42 Å². The van der Waals surface area contributed by atoms with Crippen LogP contribution < -0.4 is 103 Å². The molecule has 0 radical (unpaired) electrons. The number of aromatic nitrogens is 1. The van der Waals surface area contributed by atoms with E-state index in [1.165, 1.54) is 39.5 Å².